The van der Waals surface area contributed by atoms with Gasteiger partial charge in [-0.1, -0.05) is 121 Å². The maximum absolute atomic E-state index is 9.02. The molecule has 0 heterocycles. The third-order valence-corrected chi connectivity index (χ3v) is 8.97. The van der Waals surface area contributed by atoms with Crippen molar-refractivity contribution in [3.05, 3.63) is 121 Å². The summed E-state index contributed by atoms with van der Waals surface area (Å²) in [4.78, 5) is 0. The summed E-state index contributed by atoms with van der Waals surface area (Å²) in [6, 6.07) is 17.9. The Balaban J connectivity index is 2.36. The van der Waals surface area contributed by atoms with Crippen molar-refractivity contribution in [1.29, 1.82) is 0 Å². The van der Waals surface area contributed by atoms with Crippen molar-refractivity contribution in [2.45, 2.75) is 6.92 Å². The van der Waals surface area contributed by atoms with E-state index >= 15 is 0 Å². The molecular formula is C25H22Si. The Kier molecular flexibility index (Phi) is 2.67. The molecule has 0 bridgehead atoms. The smallest absolute Gasteiger partial charge is 0.0623 e. The lowest BCUT2D eigenvalue weighted by Gasteiger charge is -2.34. The lowest BCUT2D eigenvalue weighted by Crippen LogP contribution is -2.74. The van der Waals surface area contributed by atoms with E-state index in [-0.39, 0.29) is 59.1 Å². The second-order valence-corrected chi connectivity index (χ2v) is 9.75. The van der Waals surface area contributed by atoms with E-state index in [2.05, 4.69) is 0 Å². The van der Waals surface area contributed by atoms with Crippen LogP contribution in [0.4, 0.5) is 0 Å². The Labute approximate surface area is 168 Å². The van der Waals surface area contributed by atoms with Crippen LogP contribution in [0.5, 0.6) is 0 Å². The highest BCUT2D eigenvalue weighted by Gasteiger charge is 2.41. The molecule has 0 aliphatic rings. The average Bonchev–Trinajstić information content (AvgIpc) is 2.86. The van der Waals surface area contributed by atoms with E-state index in [0.717, 1.165) is 10.4 Å². The van der Waals surface area contributed by atoms with Crippen LogP contribution in [0.1, 0.15) is 16.5 Å². The van der Waals surface area contributed by atoms with Crippen LogP contribution in [0.15, 0.2) is 115 Å². The van der Waals surface area contributed by atoms with Crippen LogP contribution in [-0.2, 0) is 0 Å². The Hall–Kier alpha value is -2.90. The van der Waals surface area contributed by atoms with E-state index in [9.17, 15) is 0 Å². The molecule has 0 atom stereocenters. The van der Waals surface area contributed by atoms with Crippen molar-refractivity contribution in [3.63, 3.8) is 0 Å². The maximum Gasteiger partial charge on any atom is 0.179 e. The molecule has 0 spiro atoms. The summed E-state index contributed by atoms with van der Waals surface area (Å²) in [6.45, 7) is 1.58. The molecule has 4 rings (SSSR count). The van der Waals surface area contributed by atoms with Crippen molar-refractivity contribution in [3.8, 4) is 0 Å². The standard InChI is InChI=1S/C25H22Si/c1-21-12-11-19-25(20-21)26(22-13-5-2-6-14-22,23-15-7-3-8-16-23)24-17-9-4-10-18-24/h2-20H,1H3/i2D,5D,6D,11D,12D,13D,19D,20D. The molecule has 0 radical (unpaired) electrons. The molecule has 0 nitrogen and oxygen atoms in total. The molecule has 0 aliphatic heterocycles. The lowest BCUT2D eigenvalue weighted by atomic mass is 10.2. The van der Waals surface area contributed by atoms with Gasteiger partial charge >= 0.3 is 0 Å². The highest BCUT2D eigenvalue weighted by Crippen LogP contribution is 2.10. The van der Waals surface area contributed by atoms with Crippen LogP contribution in [0.2, 0.25) is 0 Å². The van der Waals surface area contributed by atoms with Gasteiger partial charge in [-0.3, -0.25) is 0 Å². The topological polar surface area (TPSA) is 0 Å². The van der Waals surface area contributed by atoms with Gasteiger partial charge in [0, 0.05) is 0 Å². The van der Waals surface area contributed by atoms with Gasteiger partial charge in [-0.05, 0) is 27.7 Å². The van der Waals surface area contributed by atoms with E-state index in [0.29, 0.717) is 5.19 Å². The second-order valence-electron chi connectivity index (χ2n) is 6.06. The van der Waals surface area contributed by atoms with Gasteiger partial charge in [0.2, 0.25) is 0 Å². The number of hydrogen-bond acceptors (Lipinski definition) is 0. The quantitative estimate of drug-likeness (QED) is 0.388. The van der Waals surface area contributed by atoms with E-state index in [1.807, 2.05) is 60.7 Å². The highest BCUT2D eigenvalue weighted by molar-refractivity contribution is 7.19. The largest absolute Gasteiger partial charge is 0.179 e. The fourth-order valence-corrected chi connectivity index (χ4v) is 7.73. The molecule has 26 heavy (non-hydrogen) atoms. The fourth-order valence-electron chi connectivity index (χ4n) is 3.38. The predicted molar refractivity (Wildman–Crippen MR) is 115 cm³/mol. The first-order chi connectivity index (χ1) is 16.1. The zero-order chi connectivity index (χ0) is 24.8. The van der Waals surface area contributed by atoms with Crippen molar-refractivity contribution < 1.29 is 11.0 Å². The Morgan fingerprint density at radius 1 is 0.577 bits per heavy atom. The minimum atomic E-state index is -3.69. The highest BCUT2D eigenvalue weighted by atomic mass is 28.3. The second kappa shape index (κ2) is 7.15. The van der Waals surface area contributed by atoms with Crippen LogP contribution in [0, 0.1) is 6.92 Å². The molecule has 4 aromatic carbocycles. The van der Waals surface area contributed by atoms with Crippen molar-refractivity contribution in [2.75, 3.05) is 0 Å². The summed E-state index contributed by atoms with van der Waals surface area (Å²) < 4.78 is 68.3. The van der Waals surface area contributed by atoms with E-state index in [4.69, 9.17) is 11.0 Å². The monoisotopic (exact) mass is 358 g/mol. The molecule has 126 valence electrons. The molecule has 0 aliphatic carbocycles. The van der Waals surface area contributed by atoms with Crippen LogP contribution in [0.25, 0.3) is 0 Å². The SMILES string of the molecule is [2H]c1cc([Si](c2ccccc2)(c2ccccc2)c2c([2H])c([2H])c([2H])c(C)c2[2H])c([2H])c([2H])c1[2H]. The molecule has 1 heteroatoms. The molecule has 0 saturated heterocycles. The van der Waals surface area contributed by atoms with Crippen molar-refractivity contribution in [2.24, 2.45) is 0 Å². The van der Waals surface area contributed by atoms with Crippen molar-refractivity contribution in [1.82, 2.24) is 0 Å². The van der Waals surface area contributed by atoms with Gasteiger partial charge in [-0.25, -0.2) is 0 Å². The van der Waals surface area contributed by atoms with Crippen LogP contribution in [-0.4, -0.2) is 8.07 Å². The molecule has 0 fully saturated rings. The van der Waals surface area contributed by atoms with Crippen molar-refractivity contribution >= 4 is 28.8 Å². The minimum absolute atomic E-state index is 0.0437. The zero-order valence-corrected chi connectivity index (χ0v) is 15.4. The first-order valence-electron chi connectivity index (χ1n) is 12.4. The summed E-state index contributed by atoms with van der Waals surface area (Å²) >= 11 is 0. The molecular weight excluding hydrogens is 328 g/mol. The van der Waals surface area contributed by atoms with Gasteiger partial charge in [0.25, 0.3) is 0 Å². The first kappa shape index (κ1) is 9.70. The van der Waals surface area contributed by atoms with Crippen LogP contribution < -0.4 is 20.7 Å². The van der Waals surface area contributed by atoms with Crippen LogP contribution in [0.3, 0.4) is 0 Å². The third-order valence-electron chi connectivity index (χ3n) is 4.49. The number of hydrogen-bond donors (Lipinski definition) is 0. The Morgan fingerprint density at radius 3 is 1.85 bits per heavy atom. The van der Waals surface area contributed by atoms with E-state index in [1.54, 1.807) is 6.92 Å². The fraction of sp³-hybridized carbons (Fsp3) is 0.0400. The summed E-state index contributed by atoms with van der Waals surface area (Å²) in [5.74, 6) is 0. The maximum atomic E-state index is 9.02. The predicted octanol–water partition coefficient (Wildman–Crippen LogP) is 3.37. The van der Waals surface area contributed by atoms with E-state index in [1.165, 1.54) is 6.07 Å². The van der Waals surface area contributed by atoms with Gasteiger partial charge in [-0.2, -0.15) is 0 Å². The molecule has 0 unspecified atom stereocenters. The summed E-state index contributed by atoms with van der Waals surface area (Å²) in [5, 5.41) is 2.01. The molecule has 0 saturated carbocycles. The normalized spacial score (nSPS) is 15.6. The Bertz CT molecular complexity index is 1320. The summed E-state index contributed by atoms with van der Waals surface area (Å²) in [6.07, 6.45) is 0. The minimum Gasteiger partial charge on any atom is -0.0623 e. The average molecular weight is 359 g/mol. The molecule has 0 amide bonds. The Morgan fingerprint density at radius 2 is 1.19 bits per heavy atom. The third kappa shape index (κ3) is 2.81. The summed E-state index contributed by atoms with van der Waals surface area (Å²) in [5.41, 5.74) is 0.264. The molecule has 0 aromatic heterocycles. The number of benzene rings is 4. The first-order valence-corrected chi connectivity index (χ1v) is 10.4. The molecule has 0 N–H and O–H groups in total. The van der Waals surface area contributed by atoms with E-state index < -0.39 is 8.07 Å². The lowest BCUT2D eigenvalue weighted by molar-refractivity contribution is 1.49. The van der Waals surface area contributed by atoms with Gasteiger partial charge < -0.3 is 0 Å². The van der Waals surface area contributed by atoms with Gasteiger partial charge in [0.05, 0.1) is 11.0 Å². The van der Waals surface area contributed by atoms with Gasteiger partial charge in [-0.15, -0.1) is 0 Å². The number of rotatable bonds is 4. The van der Waals surface area contributed by atoms with Gasteiger partial charge in [0.1, 0.15) is 0 Å². The zero-order valence-electron chi connectivity index (χ0n) is 22.4. The summed E-state index contributed by atoms with van der Waals surface area (Å²) in [7, 11) is -3.69. The molecule has 4 aromatic rings. The van der Waals surface area contributed by atoms with Gasteiger partial charge in [0.15, 0.2) is 8.07 Å². The van der Waals surface area contributed by atoms with Crippen LogP contribution >= 0.6 is 0 Å².